The molecule has 2 aromatic carbocycles. The third-order valence-corrected chi connectivity index (χ3v) is 7.56. The molecule has 1 fully saturated rings. The summed E-state index contributed by atoms with van der Waals surface area (Å²) in [6.07, 6.45) is -9.55. The average molecular weight is 632 g/mol. The summed E-state index contributed by atoms with van der Waals surface area (Å²) in [5.41, 5.74) is -3.00. The summed E-state index contributed by atoms with van der Waals surface area (Å²) in [5, 5.41) is 10.3. The van der Waals surface area contributed by atoms with Gasteiger partial charge in [0.05, 0.1) is 28.3 Å². The second-order valence-electron chi connectivity index (χ2n) is 11.0. The van der Waals surface area contributed by atoms with E-state index in [9.17, 15) is 44.6 Å². The van der Waals surface area contributed by atoms with Crippen molar-refractivity contribution in [1.29, 1.82) is 0 Å². The number of hydrogen-bond donors (Lipinski definition) is 2. The molecule has 2 N–H and O–H groups in total. The van der Waals surface area contributed by atoms with Crippen LogP contribution in [0.3, 0.4) is 0 Å². The highest BCUT2D eigenvalue weighted by Crippen LogP contribution is 2.40. The molecule has 2 aromatic heterocycles. The molecule has 44 heavy (non-hydrogen) atoms. The van der Waals surface area contributed by atoms with Gasteiger partial charge in [-0.2, -0.15) is 26.3 Å². The maximum atomic E-state index is 14.0. The highest BCUT2D eigenvalue weighted by molar-refractivity contribution is 5.94. The number of benzene rings is 2. The number of alkyl halides is 6. The van der Waals surface area contributed by atoms with Gasteiger partial charge < -0.3 is 19.9 Å². The first kappa shape index (κ1) is 31.4. The quantitative estimate of drug-likeness (QED) is 0.177. The molecule has 6 nitrogen and oxygen atoms in total. The average Bonchev–Trinajstić information content (AvgIpc) is 3.37. The molecule has 0 aliphatic carbocycles. The lowest BCUT2D eigenvalue weighted by molar-refractivity contribution is -0.138. The minimum absolute atomic E-state index is 0.0221. The van der Waals surface area contributed by atoms with Crippen molar-refractivity contribution in [3.8, 4) is 11.1 Å². The zero-order valence-electron chi connectivity index (χ0n) is 23.5. The zero-order chi connectivity index (χ0) is 32.3. The van der Waals surface area contributed by atoms with Gasteiger partial charge in [-0.15, -0.1) is 0 Å². The number of halogens is 9. The van der Waals surface area contributed by atoms with E-state index in [1.807, 2.05) is 0 Å². The highest BCUT2D eigenvalue weighted by atomic mass is 19.4. The predicted octanol–water partition coefficient (Wildman–Crippen LogP) is 7.48. The minimum Gasteiger partial charge on any atom is -0.388 e. The molecule has 4 aromatic rings. The number of hydrogen-bond acceptors (Lipinski definition) is 5. The second-order valence-corrected chi connectivity index (χ2v) is 11.0. The van der Waals surface area contributed by atoms with Gasteiger partial charge in [0, 0.05) is 37.4 Å². The molecule has 1 aliphatic heterocycles. The lowest BCUT2D eigenvalue weighted by atomic mass is 9.99. The topological polar surface area (TPSA) is 68.3 Å². The SMILES string of the molecule is CC(C)C(O)c1cnc(N2CCN(c3nc4c(-c5cc(F)c(F)c(F)c5)cc(C(F)(F)F)cc4[nH]3)[C@H](C)C2)c(C(F)(F)F)c1. The third-order valence-electron chi connectivity index (χ3n) is 7.56. The van der Waals surface area contributed by atoms with Gasteiger partial charge in [-0.25, -0.2) is 23.1 Å². The van der Waals surface area contributed by atoms with Crippen LogP contribution in [0.1, 0.15) is 43.6 Å². The van der Waals surface area contributed by atoms with Crippen LogP contribution in [0.5, 0.6) is 0 Å². The molecule has 0 radical (unpaired) electrons. The van der Waals surface area contributed by atoms with Crippen LogP contribution >= 0.6 is 0 Å². The molecule has 3 heterocycles. The number of H-pyrrole nitrogens is 1. The van der Waals surface area contributed by atoms with Crippen molar-refractivity contribution in [1.82, 2.24) is 15.0 Å². The molecule has 0 spiro atoms. The largest absolute Gasteiger partial charge is 0.419 e. The molecule has 1 aliphatic rings. The van der Waals surface area contributed by atoms with Crippen molar-refractivity contribution in [3.63, 3.8) is 0 Å². The summed E-state index contributed by atoms with van der Waals surface area (Å²) >= 11 is 0. The number of rotatable bonds is 5. The Morgan fingerprint density at radius 3 is 2.16 bits per heavy atom. The molecular formula is C29H26F9N5O. The summed E-state index contributed by atoms with van der Waals surface area (Å²) in [6.45, 7) is 5.13. The Balaban J connectivity index is 1.50. The second kappa shape index (κ2) is 11.2. The van der Waals surface area contributed by atoms with Gasteiger partial charge in [0.1, 0.15) is 5.82 Å². The summed E-state index contributed by atoms with van der Waals surface area (Å²) in [6, 6.07) is 2.92. The lowest BCUT2D eigenvalue weighted by Crippen LogP contribution is -2.53. The summed E-state index contributed by atoms with van der Waals surface area (Å²) < 4.78 is 125. The molecule has 1 unspecified atom stereocenters. The first-order valence-corrected chi connectivity index (χ1v) is 13.5. The highest BCUT2D eigenvalue weighted by Gasteiger charge is 2.39. The lowest BCUT2D eigenvalue weighted by Gasteiger charge is -2.41. The minimum atomic E-state index is -4.84. The van der Waals surface area contributed by atoms with E-state index in [1.165, 1.54) is 11.1 Å². The molecule has 0 saturated carbocycles. The van der Waals surface area contributed by atoms with Gasteiger partial charge in [0.25, 0.3) is 0 Å². The maximum Gasteiger partial charge on any atom is 0.419 e. The maximum absolute atomic E-state index is 14.0. The van der Waals surface area contributed by atoms with Crippen LogP contribution in [0, 0.1) is 23.4 Å². The van der Waals surface area contributed by atoms with E-state index in [1.54, 1.807) is 25.7 Å². The number of aromatic amines is 1. The molecule has 236 valence electrons. The number of fused-ring (bicyclic) bond motifs is 1. The molecular weight excluding hydrogens is 605 g/mol. The summed E-state index contributed by atoms with van der Waals surface area (Å²) in [5.74, 6) is -5.56. The molecule has 5 rings (SSSR count). The van der Waals surface area contributed by atoms with Crippen molar-refractivity contribution in [3.05, 3.63) is 70.7 Å². The Kier molecular flexibility index (Phi) is 7.97. The monoisotopic (exact) mass is 631 g/mol. The van der Waals surface area contributed by atoms with E-state index < -0.39 is 53.1 Å². The third kappa shape index (κ3) is 5.88. The van der Waals surface area contributed by atoms with Gasteiger partial charge in [0.15, 0.2) is 17.5 Å². The fourth-order valence-electron chi connectivity index (χ4n) is 5.28. The van der Waals surface area contributed by atoms with Gasteiger partial charge in [-0.05, 0) is 54.3 Å². The first-order valence-electron chi connectivity index (χ1n) is 13.5. The zero-order valence-corrected chi connectivity index (χ0v) is 23.5. The van der Waals surface area contributed by atoms with Crippen molar-refractivity contribution in [2.24, 2.45) is 5.92 Å². The van der Waals surface area contributed by atoms with Crippen LogP contribution in [0.15, 0.2) is 36.5 Å². The molecule has 1 saturated heterocycles. The van der Waals surface area contributed by atoms with Crippen LogP contribution in [0.25, 0.3) is 22.2 Å². The summed E-state index contributed by atoms with van der Waals surface area (Å²) in [4.78, 5) is 14.3. The normalized spacial score (nSPS) is 17.2. The Hall–Kier alpha value is -4.01. The Morgan fingerprint density at radius 2 is 1.59 bits per heavy atom. The van der Waals surface area contributed by atoms with E-state index >= 15 is 0 Å². The van der Waals surface area contributed by atoms with Crippen LogP contribution in [0.4, 0.5) is 51.3 Å². The van der Waals surface area contributed by atoms with Crippen molar-refractivity contribution >= 4 is 22.8 Å². The van der Waals surface area contributed by atoms with Crippen LogP contribution in [0.2, 0.25) is 0 Å². The number of aliphatic hydroxyl groups excluding tert-OH is 1. The number of piperazine rings is 1. The standard InChI is InChI=1S/C29H26F9N5O/c1-13(2)25(44)16-6-19(29(36,37)38)26(39-11-16)42-4-5-43(14(3)12-42)27-40-22-10-17(28(33,34)35)9-18(24(22)41-27)15-7-20(30)23(32)21(31)8-15/h6-11,13-14,25,44H,4-5,12H2,1-3H3,(H,40,41)/t14-,25?/m1/s1. The number of anilines is 2. The number of imidazole rings is 1. The predicted molar refractivity (Wildman–Crippen MR) is 144 cm³/mol. The van der Waals surface area contributed by atoms with Gasteiger partial charge >= 0.3 is 12.4 Å². The van der Waals surface area contributed by atoms with Crippen molar-refractivity contribution in [2.75, 3.05) is 29.4 Å². The first-order chi connectivity index (χ1) is 20.5. The van der Waals surface area contributed by atoms with E-state index in [0.717, 1.165) is 12.1 Å². The Labute approximate surface area is 245 Å². The Bertz CT molecular complexity index is 1680. The van der Waals surface area contributed by atoms with Gasteiger partial charge in [-0.3, -0.25) is 0 Å². The number of nitrogens with zero attached hydrogens (tertiary/aromatic N) is 4. The number of nitrogens with one attached hydrogen (secondary N) is 1. The Morgan fingerprint density at radius 1 is 0.932 bits per heavy atom. The van der Waals surface area contributed by atoms with E-state index in [2.05, 4.69) is 15.0 Å². The fraction of sp³-hybridized carbons (Fsp3) is 0.379. The molecule has 0 amide bonds. The number of pyridine rings is 1. The van der Waals surface area contributed by atoms with Crippen molar-refractivity contribution < 1.29 is 44.6 Å². The van der Waals surface area contributed by atoms with Gasteiger partial charge in [0.2, 0.25) is 5.95 Å². The van der Waals surface area contributed by atoms with Crippen LogP contribution in [-0.4, -0.2) is 45.7 Å². The fourth-order valence-corrected chi connectivity index (χ4v) is 5.28. The van der Waals surface area contributed by atoms with E-state index in [-0.39, 0.29) is 65.0 Å². The number of aliphatic hydroxyl groups is 1. The van der Waals surface area contributed by atoms with Crippen LogP contribution in [-0.2, 0) is 12.4 Å². The molecule has 0 bridgehead atoms. The summed E-state index contributed by atoms with van der Waals surface area (Å²) in [7, 11) is 0. The number of aromatic nitrogens is 3. The van der Waals surface area contributed by atoms with E-state index in [0.29, 0.717) is 18.2 Å². The smallest absolute Gasteiger partial charge is 0.388 e. The van der Waals surface area contributed by atoms with Crippen LogP contribution < -0.4 is 9.80 Å². The molecule has 15 heteroatoms. The van der Waals surface area contributed by atoms with E-state index in [4.69, 9.17) is 0 Å². The van der Waals surface area contributed by atoms with Gasteiger partial charge in [-0.1, -0.05) is 13.8 Å². The molecule has 2 atom stereocenters. The van der Waals surface area contributed by atoms with Crippen molar-refractivity contribution in [2.45, 2.75) is 45.3 Å².